The van der Waals surface area contributed by atoms with Crippen LogP contribution in [0, 0.1) is 46.3 Å². The molecule has 0 unspecified atom stereocenters. The molecule has 4 N–H and O–H groups in total. The van der Waals surface area contributed by atoms with Crippen molar-refractivity contribution in [2.24, 2.45) is 46.3 Å². The minimum atomic E-state index is -1.41. The molecular formula is C44H63NO10. The number of fused-ring (bicyclic) bond motifs is 7. The topological polar surface area (TPSA) is 145 Å². The summed E-state index contributed by atoms with van der Waals surface area (Å²) in [5, 5.41) is 34.8. The molecule has 6 fully saturated rings. The maximum absolute atomic E-state index is 13.2. The Bertz CT molecular complexity index is 1640. The Balaban J connectivity index is 0.946. The first-order valence-corrected chi connectivity index (χ1v) is 20.8. The van der Waals surface area contributed by atoms with Crippen molar-refractivity contribution in [1.29, 1.82) is 0 Å². The molecule has 0 radical (unpaired) electrons. The van der Waals surface area contributed by atoms with Gasteiger partial charge >= 0.3 is 0 Å². The standard InChI is InChI=1S/C44H63NO10/c1-24-13-18-44(52-23-24)25(2)37-34(55-44)21-32-30-11-9-27-19-29(14-16-42(27,3)31(30)15-17-43(32,37)4)53-41-38(40(49)39(48)35(22-46)54-41)45-36(47)12-8-26-7-10-28(50-5)20-33(26)51-6/h7-10,12,20,24-25,29-32,34-35,37-41,46,48-49H,11,13-19,21-23H2,1-6H3,(H,45,47)/b12-8+/t24-,25+,29+,30-,31+,32+,34+,35-,37+,38-,39-,40-,41-,42+,43+,44-/m1/s1. The van der Waals surface area contributed by atoms with Crippen LogP contribution in [0.2, 0.25) is 0 Å². The zero-order valence-electron chi connectivity index (χ0n) is 33.4. The smallest absolute Gasteiger partial charge is 0.244 e. The quantitative estimate of drug-likeness (QED) is 0.201. The summed E-state index contributed by atoms with van der Waals surface area (Å²) in [7, 11) is 3.11. The van der Waals surface area contributed by atoms with Gasteiger partial charge in [-0.3, -0.25) is 4.79 Å². The van der Waals surface area contributed by atoms with Crippen LogP contribution in [-0.2, 0) is 23.7 Å². The molecule has 1 aromatic carbocycles. The van der Waals surface area contributed by atoms with E-state index in [4.69, 9.17) is 28.4 Å². The van der Waals surface area contributed by atoms with Crippen LogP contribution in [0.5, 0.6) is 11.5 Å². The molecule has 0 bridgehead atoms. The highest BCUT2D eigenvalue weighted by atomic mass is 16.7. The highest BCUT2D eigenvalue weighted by Gasteiger charge is 2.68. The molecule has 11 heteroatoms. The van der Waals surface area contributed by atoms with Gasteiger partial charge in [-0.1, -0.05) is 39.3 Å². The number of hydrogen-bond acceptors (Lipinski definition) is 10. The number of aliphatic hydroxyl groups is 3. The second-order valence-electron chi connectivity index (χ2n) is 18.5. The summed E-state index contributed by atoms with van der Waals surface area (Å²) in [5.41, 5.74) is 2.44. The minimum absolute atomic E-state index is 0.0792. The van der Waals surface area contributed by atoms with Crippen molar-refractivity contribution in [3.8, 4) is 11.5 Å². The van der Waals surface area contributed by atoms with Gasteiger partial charge in [0.2, 0.25) is 5.91 Å². The van der Waals surface area contributed by atoms with E-state index < -0.39 is 48.9 Å². The lowest BCUT2D eigenvalue weighted by molar-refractivity contribution is -0.284. The summed E-state index contributed by atoms with van der Waals surface area (Å²) in [6.45, 7) is 10.0. The lowest BCUT2D eigenvalue weighted by atomic mass is 9.47. The minimum Gasteiger partial charge on any atom is -0.497 e. The molecule has 8 rings (SSSR count). The number of carbonyl (C=O) groups is 1. The normalized spacial score (nSPS) is 46.3. The highest BCUT2D eigenvalue weighted by Crippen LogP contribution is 2.70. The average molecular weight is 766 g/mol. The molecule has 3 aliphatic heterocycles. The predicted octanol–water partition coefficient (Wildman–Crippen LogP) is 5.39. The Morgan fingerprint density at radius 2 is 1.85 bits per heavy atom. The number of nitrogens with one attached hydrogen (secondary N) is 1. The largest absolute Gasteiger partial charge is 0.497 e. The van der Waals surface area contributed by atoms with Crippen LogP contribution >= 0.6 is 0 Å². The molecule has 3 saturated carbocycles. The van der Waals surface area contributed by atoms with Gasteiger partial charge in [-0.15, -0.1) is 0 Å². The van der Waals surface area contributed by atoms with Crippen LogP contribution in [0.25, 0.3) is 6.08 Å². The number of hydrogen-bond donors (Lipinski definition) is 4. The summed E-state index contributed by atoms with van der Waals surface area (Å²) in [5.74, 6) is 3.68. The van der Waals surface area contributed by atoms with Gasteiger partial charge in [-0.05, 0) is 110 Å². The van der Waals surface area contributed by atoms with E-state index in [1.807, 2.05) is 0 Å². The first-order valence-electron chi connectivity index (χ1n) is 20.8. The fourth-order valence-corrected chi connectivity index (χ4v) is 12.6. The van der Waals surface area contributed by atoms with E-state index in [0.29, 0.717) is 52.6 Å². The third-order valence-corrected chi connectivity index (χ3v) is 15.7. The molecule has 4 aliphatic carbocycles. The van der Waals surface area contributed by atoms with Gasteiger partial charge in [-0.2, -0.15) is 0 Å². The number of rotatable bonds is 8. The summed E-state index contributed by atoms with van der Waals surface area (Å²) in [6.07, 6.45) is 9.96. The predicted molar refractivity (Wildman–Crippen MR) is 205 cm³/mol. The number of ether oxygens (including phenoxy) is 6. The number of methoxy groups -OCH3 is 2. The lowest BCUT2D eigenvalue weighted by Crippen LogP contribution is -2.65. The molecule has 55 heavy (non-hydrogen) atoms. The van der Waals surface area contributed by atoms with Crippen LogP contribution in [0.4, 0.5) is 0 Å². The van der Waals surface area contributed by atoms with E-state index in [2.05, 4.69) is 39.1 Å². The number of carbonyl (C=O) groups excluding carboxylic acids is 1. The van der Waals surface area contributed by atoms with Crippen molar-refractivity contribution >= 4 is 12.0 Å². The summed E-state index contributed by atoms with van der Waals surface area (Å²) in [6, 6.07) is 4.22. The Kier molecular flexibility index (Phi) is 10.7. The number of benzene rings is 1. The van der Waals surface area contributed by atoms with E-state index in [9.17, 15) is 20.1 Å². The number of allylic oxidation sites excluding steroid dienone is 1. The average Bonchev–Trinajstić information content (AvgIpc) is 3.63. The highest BCUT2D eigenvalue weighted by molar-refractivity contribution is 5.92. The summed E-state index contributed by atoms with van der Waals surface area (Å²) in [4.78, 5) is 13.2. The Hall–Kier alpha value is -2.51. The first kappa shape index (κ1) is 39.3. The van der Waals surface area contributed by atoms with Gasteiger partial charge in [-0.25, -0.2) is 0 Å². The van der Waals surface area contributed by atoms with Crippen LogP contribution < -0.4 is 14.8 Å². The monoisotopic (exact) mass is 765 g/mol. The fraction of sp³-hybridized carbons (Fsp3) is 0.750. The van der Waals surface area contributed by atoms with Crippen molar-refractivity contribution in [2.45, 2.75) is 134 Å². The van der Waals surface area contributed by atoms with Crippen LogP contribution in [0.1, 0.15) is 91.0 Å². The van der Waals surface area contributed by atoms with E-state index in [0.717, 1.165) is 45.1 Å². The van der Waals surface area contributed by atoms with E-state index in [1.54, 1.807) is 38.5 Å². The molecule has 11 nitrogen and oxygen atoms in total. The van der Waals surface area contributed by atoms with Crippen molar-refractivity contribution in [2.75, 3.05) is 27.4 Å². The van der Waals surface area contributed by atoms with Crippen LogP contribution in [-0.4, -0.2) is 97.3 Å². The fourth-order valence-electron chi connectivity index (χ4n) is 12.6. The third kappa shape index (κ3) is 6.67. The molecule has 16 atom stereocenters. The second kappa shape index (κ2) is 15.0. The van der Waals surface area contributed by atoms with E-state index >= 15 is 0 Å². The van der Waals surface area contributed by atoms with Crippen LogP contribution in [0.15, 0.2) is 35.9 Å². The van der Waals surface area contributed by atoms with Crippen molar-refractivity contribution in [3.05, 3.63) is 41.5 Å². The Labute approximate surface area is 326 Å². The van der Waals surface area contributed by atoms with Gasteiger partial charge in [0, 0.05) is 30.0 Å². The molecule has 1 amide bonds. The summed E-state index contributed by atoms with van der Waals surface area (Å²) >= 11 is 0. The zero-order valence-corrected chi connectivity index (χ0v) is 33.4. The SMILES string of the molecule is COc1ccc(/C=C/C(=O)N[C@H]2[C@H](O[C@H]3CC[C@@]4(C)C(=CC[C@H]5[C@@H]6C[C@@H]7O[C@]8(CC[C@@H](C)CO8)[C@@H](C)[C@@H]7[C@@]6(C)CC[C@@H]54)C3)O[C@H](CO)[C@@H](O)[C@@H]2O)c(OC)c1. The molecule has 304 valence electrons. The lowest BCUT2D eigenvalue weighted by Gasteiger charge is -2.58. The van der Waals surface area contributed by atoms with Crippen molar-refractivity contribution in [3.63, 3.8) is 0 Å². The molecular weight excluding hydrogens is 702 g/mol. The van der Waals surface area contributed by atoms with Gasteiger partial charge in [0.1, 0.15) is 35.9 Å². The van der Waals surface area contributed by atoms with Gasteiger partial charge in [0.15, 0.2) is 12.1 Å². The second-order valence-corrected chi connectivity index (χ2v) is 18.5. The van der Waals surface area contributed by atoms with Crippen LogP contribution in [0.3, 0.4) is 0 Å². The molecule has 3 saturated heterocycles. The zero-order chi connectivity index (χ0) is 38.9. The van der Waals surface area contributed by atoms with Gasteiger partial charge in [0.05, 0.1) is 39.6 Å². The van der Waals surface area contributed by atoms with Gasteiger partial charge in [0.25, 0.3) is 0 Å². The Morgan fingerprint density at radius 3 is 2.58 bits per heavy atom. The van der Waals surface area contributed by atoms with E-state index in [1.165, 1.54) is 30.9 Å². The third-order valence-electron chi connectivity index (χ3n) is 15.7. The first-order chi connectivity index (χ1) is 26.3. The summed E-state index contributed by atoms with van der Waals surface area (Å²) < 4.78 is 36.9. The molecule has 1 aromatic rings. The Morgan fingerprint density at radius 1 is 1.04 bits per heavy atom. The number of amides is 1. The van der Waals surface area contributed by atoms with Gasteiger partial charge < -0.3 is 49.1 Å². The van der Waals surface area contributed by atoms with Crippen molar-refractivity contribution < 1.29 is 48.5 Å². The molecule has 7 aliphatic rings. The molecule has 0 aromatic heterocycles. The molecule has 3 heterocycles. The van der Waals surface area contributed by atoms with E-state index in [-0.39, 0.29) is 23.0 Å². The van der Waals surface area contributed by atoms with Crippen molar-refractivity contribution in [1.82, 2.24) is 5.32 Å². The maximum atomic E-state index is 13.2. The molecule has 1 spiro atoms. The number of aliphatic hydroxyl groups excluding tert-OH is 3. The maximum Gasteiger partial charge on any atom is 0.244 e.